The van der Waals surface area contributed by atoms with Crippen molar-refractivity contribution in [1.82, 2.24) is 24.7 Å². The van der Waals surface area contributed by atoms with Crippen LogP contribution in [0.3, 0.4) is 0 Å². The van der Waals surface area contributed by atoms with Crippen LogP contribution in [0.15, 0.2) is 59.4 Å². The Labute approximate surface area is 207 Å². The molecule has 1 aliphatic carbocycles. The number of aromatic amines is 1. The number of aliphatic hydroxyl groups is 1. The van der Waals surface area contributed by atoms with Gasteiger partial charge in [-0.15, -0.1) is 10.2 Å². The van der Waals surface area contributed by atoms with Gasteiger partial charge >= 0.3 is 0 Å². The molecule has 2 heterocycles. The molecule has 0 spiro atoms. The Morgan fingerprint density at radius 1 is 1.14 bits per heavy atom. The topological polar surface area (TPSA) is 113 Å². The van der Waals surface area contributed by atoms with Crippen LogP contribution in [-0.4, -0.2) is 42.7 Å². The quantitative estimate of drug-likeness (QED) is 0.189. The number of aliphatic hydroxyl groups excluding tert-OH is 1. The molecule has 4 aromatic rings. The first-order valence-corrected chi connectivity index (χ1v) is 12.7. The van der Waals surface area contributed by atoms with Crippen LogP contribution >= 0.6 is 11.8 Å². The molecule has 9 heteroatoms. The van der Waals surface area contributed by atoms with E-state index in [1.54, 1.807) is 7.11 Å². The number of thioether (sulfide) groups is 1. The fraction of sp³-hybridized carbons (Fsp3) is 0.308. The van der Waals surface area contributed by atoms with E-state index in [-0.39, 0.29) is 23.1 Å². The van der Waals surface area contributed by atoms with Crippen LogP contribution in [0.2, 0.25) is 0 Å². The number of hydrogen-bond donors (Lipinski definition) is 2. The monoisotopic (exact) mass is 486 g/mol. The largest absolute Gasteiger partial charge is 0.510 e. The number of nitrogens with zero attached hydrogens (tertiary/aromatic N) is 5. The second-order valence-corrected chi connectivity index (χ2v) is 9.44. The average molecular weight is 487 g/mol. The second kappa shape index (κ2) is 10.2. The van der Waals surface area contributed by atoms with Gasteiger partial charge in [0.25, 0.3) is 0 Å². The Bertz CT molecular complexity index is 1380. The Balaban J connectivity index is 1.47. The molecule has 8 nitrogen and oxygen atoms in total. The van der Waals surface area contributed by atoms with E-state index in [0.717, 1.165) is 53.9 Å². The summed E-state index contributed by atoms with van der Waals surface area (Å²) in [4.78, 5) is 7.58. The van der Waals surface area contributed by atoms with Crippen molar-refractivity contribution in [2.75, 3.05) is 12.9 Å². The van der Waals surface area contributed by atoms with Gasteiger partial charge in [0.1, 0.15) is 23.2 Å². The lowest BCUT2D eigenvalue weighted by molar-refractivity contribution is 0.338. The van der Waals surface area contributed by atoms with Gasteiger partial charge in [0.15, 0.2) is 16.8 Å². The van der Waals surface area contributed by atoms with Crippen molar-refractivity contribution >= 4 is 28.4 Å². The highest BCUT2D eigenvalue weighted by Crippen LogP contribution is 2.38. The number of hydrogen-bond acceptors (Lipinski definition) is 7. The number of methoxy groups -OCH3 is 1. The SMILES string of the molecule is COc1ccccc1-c1nnc(SC/C(O)=C(\C#N)c2nc3ccccc3[nH]2)n1C1CCCCC1. The fourth-order valence-corrected chi connectivity index (χ4v) is 5.47. The maximum absolute atomic E-state index is 10.9. The molecule has 1 aliphatic rings. The number of H-pyrrole nitrogens is 1. The molecule has 0 atom stereocenters. The van der Waals surface area contributed by atoms with Gasteiger partial charge in [-0.3, -0.25) is 4.57 Å². The molecule has 2 N–H and O–H groups in total. The number of para-hydroxylation sites is 3. The van der Waals surface area contributed by atoms with E-state index in [0.29, 0.717) is 11.0 Å². The first kappa shape index (κ1) is 23.0. The third-order valence-corrected chi connectivity index (χ3v) is 7.27. The molecule has 0 radical (unpaired) electrons. The second-order valence-electron chi connectivity index (χ2n) is 8.49. The zero-order valence-electron chi connectivity index (χ0n) is 19.4. The first-order chi connectivity index (χ1) is 17.2. The summed E-state index contributed by atoms with van der Waals surface area (Å²) < 4.78 is 7.77. The number of imidazole rings is 1. The Morgan fingerprint density at radius 2 is 1.91 bits per heavy atom. The number of benzene rings is 2. The van der Waals surface area contributed by atoms with Crippen molar-refractivity contribution < 1.29 is 9.84 Å². The van der Waals surface area contributed by atoms with Gasteiger partial charge in [-0.1, -0.05) is 55.3 Å². The summed E-state index contributed by atoms with van der Waals surface area (Å²) in [5, 5.41) is 30.3. The average Bonchev–Trinajstić information content (AvgIpc) is 3.52. The Hall–Kier alpha value is -3.77. The molecule has 1 fully saturated rings. The third-order valence-electron chi connectivity index (χ3n) is 6.32. The van der Waals surface area contributed by atoms with E-state index in [1.165, 1.54) is 18.2 Å². The summed E-state index contributed by atoms with van der Waals surface area (Å²) in [5.74, 6) is 1.99. The lowest BCUT2D eigenvalue weighted by atomic mass is 9.95. The van der Waals surface area contributed by atoms with Crippen LogP contribution in [0.1, 0.15) is 44.0 Å². The lowest BCUT2D eigenvalue weighted by Gasteiger charge is -2.26. The maximum atomic E-state index is 10.9. The summed E-state index contributed by atoms with van der Waals surface area (Å²) in [6.45, 7) is 0. The van der Waals surface area contributed by atoms with E-state index in [2.05, 4.69) is 30.8 Å². The normalized spacial score (nSPS) is 15.1. The highest BCUT2D eigenvalue weighted by molar-refractivity contribution is 7.99. The minimum absolute atomic E-state index is 0.0476. The van der Waals surface area contributed by atoms with E-state index in [1.807, 2.05) is 48.5 Å². The molecule has 0 amide bonds. The van der Waals surface area contributed by atoms with E-state index >= 15 is 0 Å². The van der Waals surface area contributed by atoms with Crippen molar-refractivity contribution in [2.24, 2.45) is 0 Å². The van der Waals surface area contributed by atoms with Gasteiger partial charge in [0.2, 0.25) is 0 Å². The summed E-state index contributed by atoms with van der Waals surface area (Å²) in [6.07, 6.45) is 5.66. The van der Waals surface area contributed by atoms with Crippen molar-refractivity contribution in [3.63, 3.8) is 0 Å². The number of allylic oxidation sites excluding steroid dienone is 1. The van der Waals surface area contributed by atoms with Crippen LogP contribution in [0.4, 0.5) is 0 Å². The molecule has 178 valence electrons. The number of nitrogens with one attached hydrogen (secondary N) is 1. The molecule has 0 aliphatic heterocycles. The number of aromatic nitrogens is 5. The Morgan fingerprint density at radius 3 is 2.69 bits per heavy atom. The molecule has 0 bridgehead atoms. The fourth-order valence-electron chi connectivity index (χ4n) is 4.59. The van der Waals surface area contributed by atoms with Crippen molar-refractivity contribution in [3.8, 4) is 23.2 Å². The predicted octanol–water partition coefficient (Wildman–Crippen LogP) is 5.92. The standard InChI is InChI=1S/C26H26N6O2S/c1-34-23-14-8-5-11-18(23)25-30-31-26(32(25)17-9-3-2-4-10-17)35-16-22(33)19(15-27)24-28-20-12-6-7-13-21(20)29-24/h5-8,11-14,17,33H,2-4,9-10,16H2,1H3,(H,28,29)/b22-19-. The maximum Gasteiger partial charge on any atom is 0.192 e. The van der Waals surface area contributed by atoms with Gasteiger partial charge in [0, 0.05) is 6.04 Å². The lowest BCUT2D eigenvalue weighted by Crippen LogP contribution is -2.15. The summed E-state index contributed by atoms with van der Waals surface area (Å²) in [5.41, 5.74) is 2.57. The summed E-state index contributed by atoms with van der Waals surface area (Å²) in [7, 11) is 1.65. The van der Waals surface area contributed by atoms with Crippen LogP contribution in [0.25, 0.3) is 28.0 Å². The number of fused-ring (bicyclic) bond motifs is 1. The van der Waals surface area contributed by atoms with Gasteiger partial charge in [-0.05, 0) is 37.1 Å². The highest BCUT2D eigenvalue weighted by atomic mass is 32.2. The van der Waals surface area contributed by atoms with Crippen LogP contribution in [-0.2, 0) is 0 Å². The van der Waals surface area contributed by atoms with Crippen LogP contribution < -0.4 is 4.74 Å². The van der Waals surface area contributed by atoms with Crippen molar-refractivity contribution in [1.29, 1.82) is 5.26 Å². The number of rotatable bonds is 7. The molecule has 1 saturated carbocycles. The van der Waals surface area contributed by atoms with E-state index < -0.39 is 0 Å². The molecular formula is C26H26N6O2S. The van der Waals surface area contributed by atoms with Crippen molar-refractivity contribution in [3.05, 3.63) is 60.1 Å². The molecule has 0 saturated heterocycles. The molecule has 0 unspecified atom stereocenters. The van der Waals surface area contributed by atoms with Crippen LogP contribution in [0.5, 0.6) is 5.75 Å². The first-order valence-electron chi connectivity index (χ1n) is 11.7. The minimum Gasteiger partial charge on any atom is -0.510 e. The van der Waals surface area contributed by atoms with E-state index in [4.69, 9.17) is 4.74 Å². The third kappa shape index (κ3) is 4.62. The number of ether oxygens (including phenoxy) is 1. The highest BCUT2D eigenvalue weighted by Gasteiger charge is 2.26. The van der Waals surface area contributed by atoms with Gasteiger partial charge < -0.3 is 14.8 Å². The Kier molecular flexibility index (Phi) is 6.73. The molecular weight excluding hydrogens is 460 g/mol. The van der Waals surface area contributed by atoms with Gasteiger partial charge in [-0.25, -0.2) is 4.98 Å². The molecule has 5 rings (SSSR count). The van der Waals surface area contributed by atoms with Gasteiger partial charge in [0.05, 0.1) is 29.5 Å². The summed E-state index contributed by atoms with van der Waals surface area (Å²) in [6, 6.07) is 17.7. The molecule has 2 aromatic heterocycles. The summed E-state index contributed by atoms with van der Waals surface area (Å²) >= 11 is 1.37. The smallest absolute Gasteiger partial charge is 0.192 e. The minimum atomic E-state index is -0.0476. The molecule has 35 heavy (non-hydrogen) atoms. The molecule has 2 aromatic carbocycles. The van der Waals surface area contributed by atoms with Crippen molar-refractivity contribution in [2.45, 2.75) is 43.3 Å². The predicted molar refractivity (Wildman–Crippen MR) is 136 cm³/mol. The van der Waals surface area contributed by atoms with Crippen LogP contribution in [0, 0.1) is 11.3 Å². The number of nitriles is 1. The zero-order valence-corrected chi connectivity index (χ0v) is 20.3. The van der Waals surface area contributed by atoms with E-state index in [9.17, 15) is 10.4 Å². The zero-order chi connectivity index (χ0) is 24.2. The van der Waals surface area contributed by atoms with Gasteiger partial charge in [-0.2, -0.15) is 5.26 Å².